The van der Waals surface area contributed by atoms with Gasteiger partial charge >= 0.3 is 0 Å². The molecule has 0 aromatic rings. The largest absolute Gasteiger partial charge is 0.299 e. The summed E-state index contributed by atoms with van der Waals surface area (Å²) in [6.07, 6.45) is 4.16. The van der Waals surface area contributed by atoms with E-state index in [1.807, 2.05) is 0 Å². The summed E-state index contributed by atoms with van der Waals surface area (Å²) in [7, 11) is 0. The van der Waals surface area contributed by atoms with Gasteiger partial charge in [0.1, 0.15) is 5.78 Å². The van der Waals surface area contributed by atoms with E-state index in [4.69, 9.17) is 0 Å². The highest BCUT2D eigenvalue weighted by molar-refractivity contribution is 5.83. The fraction of sp³-hybridized carbons (Fsp3) is 0.900. The Balaban J connectivity index is 2.16. The number of rotatable bonds is 3. The number of Topliss-reactive ketones (excluding diaryl/α,β-unsaturated/α-hetero) is 1. The topological polar surface area (TPSA) is 17.1 Å². The van der Waals surface area contributed by atoms with Crippen molar-refractivity contribution in [2.24, 2.45) is 11.3 Å². The molecule has 0 radical (unpaired) electrons. The lowest BCUT2D eigenvalue weighted by molar-refractivity contribution is -0.120. The van der Waals surface area contributed by atoms with Crippen molar-refractivity contribution in [2.75, 3.05) is 0 Å². The summed E-state index contributed by atoms with van der Waals surface area (Å²) in [5, 5.41) is 0. The summed E-state index contributed by atoms with van der Waals surface area (Å²) in [4.78, 5) is 11.3. The molecule has 0 amide bonds. The van der Waals surface area contributed by atoms with Crippen LogP contribution in [0.1, 0.15) is 46.5 Å². The van der Waals surface area contributed by atoms with Crippen LogP contribution in [0.2, 0.25) is 0 Å². The molecule has 0 aromatic carbocycles. The molecule has 0 bridgehead atoms. The van der Waals surface area contributed by atoms with E-state index in [0.29, 0.717) is 17.1 Å². The maximum Gasteiger partial charge on any atom is 0.135 e. The van der Waals surface area contributed by atoms with Crippen LogP contribution in [0.4, 0.5) is 0 Å². The summed E-state index contributed by atoms with van der Waals surface area (Å²) in [6.45, 7) is 6.56. The van der Waals surface area contributed by atoms with Gasteiger partial charge in [-0.3, -0.25) is 4.79 Å². The van der Waals surface area contributed by atoms with Crippen LogP contribution in [0.3, 0.4) is 0 Å². The van der Waals surface area contributed by atoms with Crippen molar-refractivity contribution in [1.82, 2.24) is 0 Å². The summed E-state index contributed by atoms with van der Waals surface area (Å²) >= 11 is 0. The lowest BCUT2D eigenvalue weighted by Gasteiger charge is -2.16. The van der Waals surface area contributed by atoms with Gasteiger partial charge < -0.3 is 0 Å². The molecular weight excluding hydrogens is 136 g/mol. The molecule has 1 aliphatic rings. The number of hydrogen-bond donors (Lipinski definition) is 0. The summed E-state index contributed by atoms with van der Waals surface area (Å²) < 4.78 is 0. The Morgan fingerprint density at radius 1 is 1.36 bits per heavy atom. The molecule has 64 valence electrons. The zero-order chi connectivity index (χ0) is 8.48. The van der Waals surface area contributed by atoms with E-state index >= 15 is 0 Å². The van der Waals surface area contributed by atoms with E-state index in [9.17, 15) is 4.79 Å². The molecule has 0 aromatic heterocycles. The second-order valence-electron chi connectivity index (χ2n) is 4.80. The number of ketones is 1. The third-order valence-corrected chi connectivity index (χ3v) is 2.15. The van der Waals surface area contributed by atoms with Gasteiger partial charge in [-0.2, -0.15) is 0 Å². The van der Waals surface area contributed by atoms with Crippen molar-refractivity contribution in [3.8, 4) is 0 Å². The molecule has 1 saturated carbocycles. The zero-order valence-electron chi connectivity index (χ0n) is 7.81. The molecule has 1 rings (SSSR count). The van der Waals surface area contributed by atoms with E-state index in [1.54, 1.807) is 0 Å². The summed E-state index contributed by atoms with van der Waals surface area (Å²) in [5.74, 6) is 0.956. The molecule has 1 aliphatic carbocycles. The van der Waals surface area contributed by atoms with Crippen LogP contribution in [0.15, 0.2) is 0 Å². The Morgan fingerprint density at radius 3 is 2.27 bits per heavy atom. The van der Waals surface area contributed by atoms with Gasteiger partial charge in [0.2, 0.25) is 0 Å². The molecule has 1 heteroatoms. The van der Waals surface area contributed by atoms with Crippen molar-refractivity contribution < 1.29 is 4.79 Å². The molecule has 0 N–H and O–H groups in total. The molecule has 0 atom stereocenters. The van der Waals surface area contributed by atoms with Crippen LogP contribution in [-0.4, -0.2) is 5.78 Å². The van der Waals surface area contributed by atoms with Gasteiger partial charge in [0.15, 0.2) is 0 Å². The first-order valence-corrected chi connectivity index (χ1v) is 4.52. The smallest absolute Gasteiger partial charge is 0.135 e. The first-order chi connectivity index (χ1) is 4.99. The first-order valence-electron chi connectivity index (χ1n) is 4.52. The Labute approximate surface area is 69.2 Å². The molecule has 1 nitrogen and oxygen atoms in total. The highest BCUT2D eigenvalue weighted by Gasteiger charge is 2.29. The SMILES string of the molecule is CC(C)(C)CCC(=O)C1CC1. The third-order valence-electron chi connectivity index (χ3n) is 2.15. The highest BCUT2D eigenvalue weighted by atomic mass is 16.1. The fourth-order valence-electron chi connectivity index (χ4n) is 1.11. The van der Waals surface area contributed by atoms with Gasteiger partial charge in [-0.15, -0.1) is 0 Å². The van der Waals surface area contributed by atoms with Crippen molar-refractivity contribution in [1.29, 1.82) is 0 Å². The van der Waals surface area contributed by atoms with E-state index in [-0.39, 0.29) is 0 Å². The van der Waals surface area contributed by atoms with Crippen LogP contribution in [-0.2, 0) is 4.79 Å². The molecule has 11 heavy (non-hydrogen) atoms. The van der Waals surface area contributed by atoms with Gasteiger partial charge in [0.05, 0.1) is 0 Å². The predicted octanol–water partition coefficient (Wildman–Crippen LogP) is 2.79. The fourth-order valence-corrected chi connectivity index (χ4v) is 1.11. The molecule has 0 aliphatic heterocycles. The maximum atomic E-state index is 11.3. The van der Waals surface area contributed by atoms with Gasteiger partial charge in [-0.1, -0.05) is 20.8 Å². The van der Waals surface area contributed by atoms with Crippen LogP contribution >= 0.6 is 0 Å². The second-order valence-corrected chi connectivity index (χ2v) is 4.80. The van der Waals surface area contributed by atoms with Gasteiger partial charge in [-0.25, -0.2) is 0 Å². The minimum Gasteiger partial charge on any atom is -0.299 e. The zero-order valence-corrected chi connectivity index (χ0v) is 7.81. The van der Waals surface area contributed by atoms with Crippen LogP contribution < -0.4 is 0 Å². The van der Waals surface area contributed by atoms with E-state index < -0.39 is 0 Å². The van der Waals surface area contributed by atoms with Crippen molar-refractivity contribution in [2.45, 2.75) is 46.5 Å². The average Bonchev–Trinajstić information content (AvgIpc) is 2.61. The van der Waals surface area contributed by atoms with Crippen molar-refractivity contribution in [3.63, 3.8) is 0 Å². The van der Waals surface area contributed by atoms with Crippen LogP contribution in [0.25, 0.3) is 0 Å². The first kappa shape index (κ1) is 8.76. The van der Waals surface area contributed by atoms with E-state index in [1.165, 1.54) is 0 Å². The molecule has 1 fully saturated rings. The number of carbonyl (C=O) groups excluding carboxylic acids is 1. The highest BCUT2D eigenvalue weighted by Crippen LogP contribution is 2.33. The Morgan fingerprint density at radius 2 is 1.91 bits per heavy atom. The Bertz CT molecular complexity index is 149. The molecule has 0 heterocycles. The van der Waals surface area contributed by atoms with E-state index in [0.717, 1.165) is 25.7 Å². The third kappa shape index (κ3) is 3.54. The molecule has 0 unspecified atom stereocenters. The molecule has 0 saturated heterocycles. The van der Waals surface area contributed by atoms with Crippen LogP contribution in [0, 0.1) is 11.3 Å². The lowest BCUT2D eigenvalue weighted by Crippen LogP contribution is -2.09. The van der Waals surface area contributed by atoms with Gasteiger partial charge in [0, 0.05) is 12.3 Å². The van der Waals surface area contributed by atoms with E-state index in [2.05, 4.69) is 20.8 Å². The van der Waals surface area contributed by atoms with Crippen LogP contribution in [0.5, 0.6) is 0 Å². The Kier molecular flexibility index (Phi) is 2.36. The van der Waals surface area contributed by atoms with Gasteiger partial charge in [0.25, 0.3) is 0 Å². The van der Waals surface area contributed by atoms with Gasteiger partial charge in [-0.05, 0) is 24.7 Å². The minimum absolute atomic E-state index is 0.324. The monoisotopic (exact) mass is 154 g/mol. The summed E-state index contributed by atoms with van der Waals surface area (Å²) in [6, 6.07) is 0. The quantitative estimate of drug-likeness (QED) is 0.611. The Hall–Kier alpha value is -0.330. The molecule has 0 spiro atoms. The standard InChI is InChI=1S/C10H18O/c1-10(2,3)7-6-9(11)8-4-5-8/h8H,4-7H2,1-3H3. The average molecular weight is 154 g/mol. The van der Waals surface area contributed by atoms with Crippen molar-refractivity contribution in [3.05, 3.63) is 0 Å². The maximum absolute atomic E-state index is 11.3. The van der Waals surface area contributed by atoms with Crippen molar-refractivity contribution >= 4 is 5.78 Å². The number of hydrogen-bond acceptors (Lipinski definition) is 1. The lowest BCUT2D eigenvalue weighted by atomic mass is 9.89. The minimum atomic E-state index is 0.324. The second kappa shape index (κ2) is 2.96. The molecular formula is C10H18O. The summed E-state index contributed by atoms with van der Waals surface area (Å²) in [5.41, 5.74) is 0.324. The normalized spacial score (nSPS) is 18.5. The predicted molar refractivity (Wildman–Crippen MR) is 46.4 cm³/mol. The number of carbonyl (C=O) groups is 1.